The fourth-order valence-electron chi connectivity index (χ4n) is 2.31. The molecule has 0 aliphatic rings. The van der Waals surface area contributed by atoms with E-state index in [0.717, 1.165) is 11.3 Å². The van der Waals surface area contributed by atoms with Crippen LogP contribution in [0.2, 0.25) is 0 Å². The molecule has 122 valence electrons. The summed E-state index contributed by atoms with van der Waals surface area (Å²) in [6.45, 7) is 0.885. The summed E-state index contributed by atoms with van der Waals surface area (Å²) in [5.74, 6) is 0.311. The minimum absolute atomic E-state index is 0.142. The summed E-state index contributed by atoms with van der Waals surface area (Å²) in [7, 11) is 0. The van der Waals surface area contributed by atoms with Gasteiger partial charge in [0, 0.05) is 24.6 Å². The lowest BCUT2D eigenvalue weighted by Gasteiger charge is -2.08. The number of aryl methyl sites for hydroxylation is 1. The first kappa shape index (κ1) is 15.9. The molecule has 1 heterocycles. The Hall–Kier alpha value is -2.95. The number of nitrogens with zero attached hydrogens (tertiary/aromatic N) is 2. The maximum absolute atomic E-state index is 12.8. The molecule has 4 nitrogen and oxygen atoms in total. The molecule has 2 aromatic carbocycles. The van der Waals surface area contributed by atoms with Gasteiger partial charge < -0.3 is 4.74 Å². The number of aromatic nitrogens is 2. The molecule has 0 bridgehead atoms. The van der Waals surface area contributed by atoms with Gasteiger partial charge >= 0.3 is 0 Å². The average molecular weight is 324 g/mol. The zero-order chi connectivity index (χ0) is 16.8. The molecule has 0 saturated carbocycles. The van der Waals surface area contributed by atoms with Crippen LogP contribution in [0.4, 0.5) is 4.39 Å². The lowest BCUT2D eigenvalue weighted by molar-refractivity contribution is 0.296. The van der Waals surface area contributed by atoms with Gasteiger partial charge in [-0.3, -0.25) is 4.79 Å². The van der Waals surface area contributed by atoms with Crippen molar-refractivity contribution in [2.24, 2.45) is 0 Å². The van der Waals surface area contributed by atoms with Gasteiger partial charge in [0.15, 0.2) is 0 Å². The minimum Gasteiger partial charge on any atom is -0.494 e. The Bertz CT molecular complexity index is 845. The van der Waals surface area contributed by atoms with E-state index >= 15 is 0 Å². The molecule has 5 heteroatoms. The summed E-state index contributed by atoms with van der Waals surface area (Å²) in [6, 6.07) is 18.8. The third-order valence-corrected chi connectivity index (χ3v) is 3.53. The third-order valence-electron chi connectivity index (χ3n) is 3.53. The van der Waals surface area contributed by atoms with Gasteiger partial charge in [0.25, 0.3) is 5.56 Å². The van der Waals surface area contributed by atoms with Crippen LogP contribution < -0.4 is 10.3 Å². The third kappa shape index (κ3) is 4.07. The molecule has 1 aromatic heterocycles. The second-order valence-electron chi connectivity index (χ2n) is 5.30. The van der Waals surface area contributed by atoms with E-state index in [2.05, 4.69) is 5.10 Å². The Balaban J connectivity index is 1.60. The van der Waals surface area contributed by atoms with Crippen molar-refractivity contribution in [1.29, 1.82) is 0 Å². The van der Waals surface area contributed by atoms with E-state index in [-0.39, 0.29) is 11.4 Å². The van der Waals surface area contributed by atoms with Gasteiger partial charge in [0.05, 0.1) is 12.3 Å². The summed E-state index contributed by atoms with van der Waals surface area (Å²) in [5.41, 5.74) is 1.58. The number of hydrogen-bond acceptors (Lipinski definition) is 3. The number of rotatable bonds is 6. The largest absolute Gasteiger partial charge is 0.494 e. The highest BCUT2D eigenvalue weighted by Crippen LogP contribution is 2.14. The molecule has 0 N–H and O–H groups in total. The fourth-order valence-corrected chi connectivity index (χ4v) is 2.31. The molecular weight excluding hydrogens is 307 g/mol. The summed E-state index contributed by atoms with van der Waals surface area (Å²) in [6.07, 6.45) is 0.628. The fraction of sp³-hybridized carbons (Fsp3) is 0.158. The SMILES string of the molecule is O=c1ccc(-c2ccccc2)nn1CCCOc1ccc(F)cc1. The van der Waals surface area contributed by atoms with Crippen LogP contribution in [0, 0.1) is 5.82 Å². The maximum Gasteiger partial charge on any atom is 0.266 e. The lowest BCUT2D eigenvalue weighted by atomic mass is 10.1. The monoisotopic (exact) mass is 324 g/mol. The van der Waals surface area contributed by atoms with E-state index in [1.807, 2.05) is 30.3 Å². The van der Waals surface area contributed by atoms with Crippen LogP contribution >= 0.6 is 0 Å². The Morgan fingerprint density at radius 1 is 0.958 bits per heavy atom. The van der Waals surface area contributed by atoms with Crippen LogP contribution in [0.15, 0.2) is 71.5 Å². The van der Waals surface area contributed by atoms with Crippen molar-refractivity contribution in [2.45, 2.75) is 13.0 Å². The summed E-state index contributed by atoms with van der Waals surface area (Å²) < 4.78 is 19.8. The van der Waals surface area contributed by atoms with Crippen molar-refractivity contribution in [3.05, 3.63) is 82.9 Å². The minimum atomic E-state index is -0.296. The molecule has 3 aromatic rings. The molecule has 0 saturated heterocycles. The van der Waals surface area contributed by atoms with Crippen LogP contribution in [-0.4, -0.2) is 16.4 Å². The number of hydrogen-bond donors (Lipinski definition) is 0. The molecule has 0 aliphatic heterocycles. The van der Waals surface area contributed by atoms with Crippen molar-refractivity contribution >= 4 is 0 Å². The zero-order valence-electron chi connectivity index (χ0n) is 13.1. The molecule has 0 atom stereocenters. The first-order valence-corrected chi connectivity index (χ1v) is 7.74. The van der Waals surface area contributed by atoms with Crippen molar-refractivity contribution in [3.63, 3.8) is 0 Å². The van der Waals surface area contributed by atoms with Crippen LogP contribution in [0.25, 0.3) is 11.3 Å². The van der Waals surface area contributed by atoms with Gasteiger partial charge in [-0.05, 0) is 30.3 Å². The smallest absolute Gasteiger partial charge is 0.266 e. The average Bonchev–Trinajstić information content (AvgIpc) is 2.62. The van der Waals surface area contributed by atoms with Crippen LogP contribution in [-0.2, 0) is 6.54 Å². The Morgan fingerprint density at radius 2 is 1.71 bits per heavy atom. The molecule has 0 unspecified atom stereocenters. The van der Waals surface area contributed by atoms with Gasteiger partial charge in [-0.25, -0.2) is 9.07 Å². The predicted octanol–water partition coefficient (Wildman–Crippen LogP) is 3.52. The van der Waals surface area contributed by atoms with Crippen molar-refractivity contribution in [3.8, 4) is 17.0 Å². The maximum atomic E-state index is 12.8. The molecule has 0 amide bonds. The van der Waals surface area contributed by atoms with E-state index in [1.165, 1.54) is 22.9 Å². The van der Waals surface area contributed by atoms with Gasteiger partial charge in [-0.2, -0.15) is 5.10 Å². The molecule has 0 fully saturated rings. The first-order chi connectivity index (χ1) is 11.7. The van der Waals surface area contributed by atoms with E-state index in [9.17, 15) is 9.18 Å². The molecule has 0 spiro atoms. The van der Waals surface area contributed by atoms with Gasteiger partial charge in [0.2, 0.25) is 0 Å². The van der Waals surface area contributed by atoms with E-state index in [1.54, 1.807) is 18.2 Å². The Morgan fingerprint density at radius 3 is 2.46 bits per heavy atom. The Kier molecular flexibility index (Phi) is 5.01. The molecular formula is C19H17FN2O2. The summed E-state index contributed by atoms with van der Waals surface area (Å²) >= 11 is 0. The Labute approximate surface area is 139 Å². The predicted molar refractivity (Wildman–Crippen MR) is 90.4 cm³/mol. The van der Waals surface area contributed by atoms with Crippen LogP contribution in [0.5, 0.6) is 5.75 Å². The van der Waals surface area contributed by atoms with Gasteiger partial charge in [0.1, 0.15) is 11.6 Å². The highest BCUT2D eigenvalue weighted by Gasteiger charge is 2.03. The second kappa shape index (κ2) is 7.55. The second-order valence-corrected chi connectivity index (χ2v) is 5.30. The molecule has 24 heavy (non-hydrogen) atoms. The van der Waals surface area contributed by atoms with Gasteiger partial charge in [-0.15, -0.1) is 0 Å². The van der Waals surface area contributed by atoms with Crippen molar-refractivity contribution < 1.29 is 9.13 Å². The molecule has 0 aliphatic carbocycles. The summed E-state index contributed by atoms with van der Waals surface area (Å²) in [5, 5.41) is 4.40. The van der Waals surface area contributed by atoms with E-state index < -0.39 is 0 Å². The number of ether oxygens (including phenoxy) is 1. The lowest BCUT2D eigenvalue weighted by Crippen LogP contribution is -2.23. The first-order valence-electron chi connectivity index (χ1n) is 7.74. The number of halogens is 1. The standard InChI is InChI=1S/C19H17FN2O2/c20-16-7-9-17(10-8-16)24-14-4-13-22-19(23)12-11-18(21-22)15-5-2-1-3-6-15/h1-3,5-12H,4,13-14H2. The number of benzene rings is 2. The van der Waals surface area contributed by atoms with E-state index in [0.29, 0.717) is 25.3 Å². The normalized spacial score (nSPS) is 10.5. The highest BCUT2D eigenvalue weighted by molar-refractivity contribution is 5.57. The van der Waals surface area contributed by atoms with E-state index in [4.69, 9.17) is 4.74 Å². The van der Waals surface area contributed by atoms with Crippen molar-refractivity contribution in [1.82, 2.24) is 9.78 Å². The van der Waals surface area contributed by atoms with Crippen molar-refractivity contribution in [2.75, 3.05) is 6.61 Å². The van der Waals surface area contributed by atoms with Crippen LogP contribution in [0.3, 0.4) is 0 Å². The topological polar surface area (TPSA) is 44.1 Å². The highest BCUT2D eigenvalue weighted by atomic mass is 19.1. The zero-order valence-corrected chi connectivity index (χ0v) is 13.1. The quantitative estimate of drug-likeness (QED) is 0.652. The molecule has 3 rings (SSSR count). The summed E-state index contributed by atoms with van der Waals surface area (Å²) in [4.78, 5) is 11.9. The van der Waals surface area contributed by atoms with Gasteiger partial charge in [-0.1, -0.05) is 30.3 Å². The molecule has 0 radical (unpaired) electrons. The van der Waals surface area contributed by atoms with Crippen LogP contribution in [0.1, 0.15) is 6.42 Å².